The van der Waals surface area contributed by atoms with Crippen LogP contribution >= 0.6 is 33.1 Å². The number of pyridine rings is 2. The number of halogens is 2. The molecule has 12 nitrogen and oxygen atoms in total. The second-order valence-electron chi connectivity index (χ2n) is 11.2. The predicted molar refractivity (Wildman–Crippen MR) is 212 cm³/mol. The maximum absolute atomic E-state index is 12.8. The summed E-state index contributed by atoms with van der Waals surface area (Å²) in [7, 11) is 6.41. The summed E-state index contributed by atoms with van der Waals surface area (Å²) in [4.78, 5) is 25.7. The largest absolute Gasteiger partial charge is 0.497 e. The van der Waals surface area contributed by atoms with Gasteiger partial charge in [-0.1, -0.05) is 0 Å². The second kappa shape index (κ2) is 18.5. The SMILES string of the molecule is CN(Sc1ccc(Oc2ccc(OC(F)(F)P)cc2)cc1)c1cccn(O)c1=O.COc1ccc(Oc2ccc(SN(C)c3cccn(O)c3=O)cc2)cc1. The van der Waals surface area contributed by atoms with Crippen LogP contribution in [0, 0.1) is 0 Å². The molecule has 0 aliphatic heterocycles. The quantitative estimate of drug-likeness (QED) is 0.0658. The zero-order chi connectivity index (χ0) is 39.5. The van der Waals surface area contributed by atoms with Gasteiger partial charge in [-0.05, 0) is 154 Å². The molecule has 2 heterocycles. The van der Waals surface area contributed by atoms with E-state index in [1.807, 2.05) is 60.7 Å². The Morgan fingerprint density at radius 3 is 1.25 bits per heavy atom. The fourth-order valence-corrected chi connectivity index (χ4v) is 6.38. The standard InChI is InChI=1S/C19H17F2N2O4PS.C19H18N2O4S/c1-22(17-3-2-12-23(25)18(17)24)29-16-10-8-14(9-11-16)26-13-4-6-15(7-5-13)27-19(20,21)28;1-20(18-4-3-13-21(23)19(18)22)26-17-11-9-16(10-12-17)25-15-7-5-14(24-2)6-8-15/h2-12,25H,28H2,1H3;3-13,23H,1-2H3. The Labute approximate surface area is 325 Å². The first-order chi connectivity index (χ1) is 26.3. The highest BCUT2D eigenvalue weighted by Crippen LogP contribution is 2.32. The van der Waals surface area contributed by atoms with Crippen LogP contribution in [0.3, 0.4) is 0 Å². The van der Waals surface area contributed by atoms with Crippen molar-refractivity contribution in [2.45, 2.75) is 15.6 Å². The van der Waals surface area contributed by atoms with Crippen molar-refractivity contribution in [1.82, 2.24) is 9.46 Å². The summed E-state index contributed by atoms with van der Waals surface area (Å²) in [6.07, 6.45) is 2.57. The molecule has 4 aromatic carbocycles. The monoisotopic (exact) mass is 808 g/mol. The minimum absolute atomic E-state index is 0.0231. The van der Waals surface area contributed by atoms with Crippen molar-refractivity contribution < 1.29 is 38.1 Å². The smallest absolute Gasteiger partial charge is 0.408 e. The molecule has 2 N–H and O–H groups in total. The lowest BCUT2D eigenvalue weighted by Crippen LogP contribution is -2.23. The van der Waals surface area contributed by atoms with E-state index in [0.717, 1.165) is 21.3 Å². The number of hydrogen-bond donors (Lipinski definition) is 2. The molecule has 0 saturated carbocycles. The van der Waals surface area contributed by atoms with Crippen LogP contribution in [0.1, 0.15) is 0 Å². The molecule has 55 heavy (non-hydrogen) atoms. The van der Waals surface area contributed by atoms with Gasteiger partial charge in [-0.25, -0.2) is 0 Å². The second-order valence-corrected chi connectivity index (χ2v) is 14.3. The van der Waals surface area contributed by atoms with Crippen LogP contribution in [-0.2, 0) is 0 Å². The molecule has 0 aliphatic carbocycles. The summed E-state index contributed by atoms with van der Waals surface area (Å²) in [6, 6.07) is 34.2. The van der Waals surface area contributed by atoms with E-state index in [0.29, 0.717) is 38.1 Å². The minimum atomic E-state index is -3.33. The Morgan fingerprint density at radius 2 is 0.909 bits per heavy atom. The van der Waals surface area contributed by atoms with E-state index in [-0.39, 0.29) is 5.75 Å². The Bertz CT molecular complexity index is 2280. The van der Waals surface area contributed by atoms with E-state index in [2.05, 4.69) is 4.74 Å². The van der Waals surface area contributed by atoms with E-state index in [1.54, 1.807) is 66.2 Å². The van der Waals surface area contributed by atoms with Gasteiger partial charge in [0.25, 0.3) is 0 Å². The van der Waals surface area contributed by atoms with E-state index in [4.69, 9.17) is 14.2 Å². The molecule has 0 amide bonds. The molecule has 0 saturated heterocycles. The Hall–Kier alpha value is -5.83. The number of hydrogen-bond acceptors (Lipinski definition) is 12. The summed E-state index contributed by atoms with van der Waals surface area (Å²) in [6.45, 7) is 0. The van der Waals surface area contributed by atoms with E-state index < -0.39 is 17.0 Å². The number of methoxy groups -OCH3 is 1. The molecule has 0 radical (unpaired) electrons. The number of nitrogens with zero attached hydrogens (tertiary/aromatic N) is 4. The number of alkyl halides is 2. The molecule has 1 atom stereocenters. The average molecular weight is 809 g/mol. The molecule has 6 rings (SSSR count). The van der Waals surface area contributed by atoms with Crippen LogP contribution in [-0.4, -0.2) is 46.9 Å². The van der Waals surface area contributed by atoms with Crippen LogP contribution in [0.15, 0.2) is 153 Å². The van der Waals surface area contributed by atoms with Crippen LogP contribution in [0.4, 0.5) is 20.2 Å². The molecule has 0 bridgehead atoms. The maximum Gasteiger partial charge on any atom is 0.408 e. The summed E-state index contributed by atoms with van der Waals surface area (Å²) < 4.78 is 51.1. The molecule has 6 aromatic rings. The van der Waals surface area contributed by atoms with Gasteiger partial charge >= 0.3 is 17.0 Å². The van der Waals surface area contributed by atoms with Crippen LogP contribution in [0.25, 0.3) is 0 Å². The Balaban J connectivity index is 0.000000212. The van der Waals surface area contributed by atoms with Gasteiger partial charge in [-0.15, -0.1) is 0 Å². The maximum atomic E-state index is 12.8. The lowest BCUT2D eigenvalue weighted by Gasteiger charge is -2.17. The first kappa shape index (κ1) is 40.4. The minimum Gasteiger partial charge on any atom is -0.497 e. The van der Waals surface area contributed by atoms with Crippen LogP contribution in [0.2, 0.25) is 0 Å². The van der Waals surface area contributed by atoms with Crippen LogP contribution < -0.4 is 38.7 Å². The third-order valence-corrected chi connectivity index (χ3v) is 9.26. The zero-order valence-electron chi connectivity index (χ0n) is 29.5. The predicted octanol–water partition coefficient (Wildman–Crippen LogP) is 8.86. The topological polar surface area (TPSA) is 128 Å². The van der Waals surface area contributed by atoms with Gasteiger partial charge < -0.3 is 38.0 Å². The summed E-state index contributed by atoms with van der Waals surface area (Å²) in [5, 5.41) is 18.9. The molecule has 0 fully saturated rings. The fraction of sp³-hybridized carbons (Fsp3) is 0.105. The molecule has 1 unspecified atom stereocenters. The average Bonchev–Trinajstić information content (AvgIpc) is 3.16. The Kier molecular flexibility index (Phi) is 13.6. The van der Waals surface area contributed by atoms with Crippen molar-refractivity contribution in [2.75, 3.05) is 29.8 Å². The van der Waals surface area contributed by atoms with Crippen molar-refractivity contribution in [3.05, 3.63) is 154 Å². The van der Waals surface area contributed by atoms with Gasteiger partial charge in [-0.2, -0.15) is 18.2 Å². The zero-order valence-corrected chi connectivity index (χ0v) is 32.3. The number of rotatable bonds is 13. The Morgan fingerprint density at radius 1 is 0.582 bits per heavy atom. The lowest BCUT2D eigenvalue weighted by molar-refractivity contribution is -0.0892. The normalized spacial score (nSPS) is 10.8. The van der Waals surface area contributed by atoms with E-state index >= 15 is 0 Å². The van der Waals surface area contributed by atoms with Gasteiger partial charge in [0.1, 0.15) is 45.9 Å². The lowest BCUT2D eigenvalue weighted by atomic mass is 10.3. The van der Waals surface area contributed by atoms with Crippen molar-refractivity contribution >= 4 is 44.5 Å². The third kappa shape index (κ3) is 11.8. The van der Waals surface area contributed by atoms with Gasteiger partial charge in [0, 0.05) is 36.3 Å². The van der Waals surface area contributed by atoms with Crippen molar-refractivity contribution in [3.8, 4) is 34.5 Å². The first-order valence-electron chi connectivity index (χ1n) is 16.1. The summed E-state index contributed by atoms with van der Waals surface area (Å²) >= 11 is 2.68. The number of benzene rings is 4. The van der Waals surface area contributed by atoms with Crippen molar-refractivity contribution in [2.24, 2.45) is 0 Å². The van der Waals surface area contributed by atoms with E-state index in [9.17, 15) is 28.8 Å². The first-order valence-corrected chi connectivity index (χ1v) is 18.2. The summed E-state index contributed by atoms with van der Waals surface area (Å²) in [5.41, 5.74) is -0.270. The van der Waals surface area contributed by atoms with E-state index in [1.165, 1.54) is 69.8 Å². The van der Waals surface area contributed by atoms with Crippen LogP contribution in [0.5, 0.6) is 34.5 Å². The van der Waals surface area contributed by atoms with Gasteiger partial charge in [0.2, 0.25) is 0 Å². The fourth-order valence-electron chi connectivity index (χ4n) is 4.62. The van der Waals surface area contributed by atoms with Gasteiger partial charge in [-0.3, -0.25) is 9.59 Å². The van der Waals surface area contributed by atoms with Crippen molar-refractivity contribution in [3.63, 3.8) is 0 Å². The molecular weight excluding hydrogens is 774 g/mol. The molecular formula is C38H35F2N4O8PS2. The molecule has 17 heteroatoms. The number of ether oxygens (including phenoxy) is 4. The molecule has 0 spiro atoms. The summed E-state index contributed by atoms with van der Waals surface area (Å²) in [5.74, 6) is -0.0811. The number of aromatic nitrogens is 2. The molecule has 286 valence electrons. The van der Waals surface area contributed by atoms with Crippen molar-refractivity contribution in [1.29, 1.82) is 0 Å². The number of anilines is 2. The third-order valence-electron chi connectivity index (χ3n) is 7.24. The highest BCUT2D eigenvalue weighted by Gasteiger charge is 2.23. The van der Waals surface area contributed by atoms with Gasteiger partial charge in [0.15, 0.2) is 0 Å². The highest BCUT2D eigenvalue weighted by atomic mass is 32.2. The molecule has 2 aromatic heterocycles. The highest BCUT2D eigenvalue weighted by molar-refractivity contribution is 8.00. The van der Waals surface area contributed by atoms with Gasteiger partial charge in [0.05, 0.1) is 7.11 Å². The molecule has 0 aliphatic rings.